The van der Waals surface area contributed by atoms with E-state index in [2.05, 4.69) is 27.7 Å². The average Bonchev–Trinajstić information content (AvgIpc) is 2.92. The first-order valence-electron chi connectivity index (χ1n) is 6.39. The number of aromatic nitrogens is 2. The molecular weight excluding hydrogens is 379 g/mol. The highest BCUT2D eigenvalue weighted by Crippen LogP contribution is 2.15. The van der Waals surface area contributed by atoms with Gasteiger partial charge in [0.15, 0.2) is 11.6 Å². The van der Waals surface area contributed by atoms with Crippen molar-refractivity contribution in [2.45, 2.75) is 6.42 Å². The SMILES string of the molecule is O=C(CC(=O)c1cnn2ccccc12)c1ccc(I)cc1. The van der Waals surface area contributed by atoms with Crippen LogP contribution in [0, 0.1) is 3.57 Å². The van der Waals surface area contributed by atoms with E-state index < -0.39 is 0 Å². The lowest BCUT2D eigenvalue weighted by atomic mass is 10.0. The van der Waals surface area contributed by atoms with Crippen molar-refractivity contribution in [1.82, 2.24) is 9.61 Å². The number of carbonyl (C=O) groups excluding carboxylic acids is 2. The summed E-state index contributed by atoms with van der Waals surface area (Å²) < 4.78 is 2.68. The van der Waals surface area contributed by atoms with E-state index in [-0.39, 0.29) is 18.0 Å². The van der Waals surface area contributed by atoms with Crippen molar-refractivity contribution in [3.8, 4) is 0 Å². The number of benzene rings is 1. The van der Waals surface area contributed by atoms with Gasteiger partial charge in [-0.2, -0.15) is 5.10 Å². The van der Waals surface area contributed by atoms with Crippen molar-refractivity contribution in [2.75, 3.05) is 0 Å². The zero-order chi connectivity index (χ0) is 14.8. The molecule has 0 aliphatic heterocycles. The Hall–Kier alpha value is -2.02. The topological polar surface area (TPSA) is 51.4 Å². The van der Waals surface area contributed by atoms with Crippen LogP contribution in [0.2, 0.25) is 0 Å². The van der Waals surface area contributed by atoms with Gasteiger partial charge in [-0.1, -0.05) is 18.2 Å². The smallest absolute Gasteiger partial charge is 0.174 e. The summed E-state index contributed by atoms with van der Waals surface area (Å²) in [6.45, 7) is 0. The fourth-order valence-electron chi connectivity index (χ4n) is 2.13. The Balaban J connectivity index is 1.83. The highest BCUT2D eigenvalue weighted by molar-refractivity contribution is 14.1. The molecule has 0 bridgehead atoms. The fourth-order valence-corrected chi connectivity index (χ4v) is 2.49. The van der Waals surface area contributed by atoms with Gasteiger partial charge in [-0.25, -0.2) is 4.52 Å². The van der Waals surface area contributed by atoms with Crippen molar-refractivity contribution < 1.29 is 9.59 Å². The third-order valence-corrected chi connectivity index (χ3v) is 3.93. The summed E-state index contributed by atoms with van der Waals surface area (Å²) in [4.78, 5) is 24.4. The van der Waals surface area contributed by atoms with Crippen molar-refractivity contribution in [3.63, 3.8) is 0 Å². The zero-order valence-corrected chi connectivity index (χ0v) is 13.1. The average molecular weight is 390 g/mol. The summed E-state index contributed by atoms with van der Waals surface area (Å²) in [5, 5.41) is 4.11. The predicted molar refractivity (Wildman–Crippen MR) is 87.6 cm³/mol. The maximum atomic E-state index is 12.3. The molecule has 0 saturated carbocycles. The van der Waals surface area contributed by atoms with E-state index in [0.29, 0.717) is 11.1 Å². The molecule has 5 heteroatoms. The molecule has 0 spiro atoms. The second-order valence-electron chi connectivity index (χ2n) is 4.62. The molecule has 3 rings (SSSR count). The van der Waals surface area contributed by atoms with E-state index in [1.165, 1.54) is 6.20 Å². The minimum atomic E-state index is -0.209. The van der Waals surface area contributed by atoms with Crippen molar-refractivity contribution >= 4 is 39.7 Å². The van der Waals surface area contributed by atoms with E-state index in [1.54, 1.807) is 22.8 Å². The van der Waals surface area contributed by atoms with Crippen molar-refractivity contribution in [1.29, 1.82) is 0 Å². The highest BCUT2D eigenvalue weighted by Gasteiger charge is 2.17. The maximum absolute atomic E-state index is 12.3. The molecule has 0 N–H and O–H groups in total. The first-order valence-corrected chi connectivity index (χ1v) is 7.47. The molecule has 21 heavy (non-hydrogen) atoms. The van der Waals surface area contributed by atoms with Crippen molar-refractivity contribution in [3.05, 3.63) is 69.6 Å². The minimum Gasteiger partial charge on any atom is -0.294 e. The van der Waals surface area contributed by atoms with E-state index in [1.807, 2.05) is 30.3 Å². The summed E-state index contributed by atoms with van der Waals surface area (Å²) in [6.07, 6.45) is 3.14. The van der Waals surface area contributed by atoms with Gasteiger partial charge in [0.1, 0.15) is 0 Å². The quantitative estimate of drug-likeness (QED) is 0.390. The molecule has 2 aromatic heterocycles. The first-order chi connectivity index (χ1) is 10.1. The Morgan fingerprint density at radius 1 is 1.05 bits per heavy atom. The largest absolute Gasteiger partial charge is 0.294 e. The van der Waals surface area contributed by atoms with Gasteiger partial charge in [0.25, 0.3) is 0 Å². The molecule has 0 aliphatic carbocycles. The van der Waals surface area contributed by atoms with Gasteiger partial charge in [0, 0.05) is 15.3 Å². The molecule has 4 nitrogen and oxygen atoms in total. The Kier molecular flexibility index (Phi) is 3.83. The van der Waals surface area contributed by atoms with Gasteiger partial charge in [0.05, 0.1) is 23.7 Å². The normalized spacial score (nSPS) is 10.7. The van der Waals surface area contributed by atoms with E-state index in [4.69, 9.17) is 0 Å². The Morgan fingerprint density at radius 2 is 1.81 bits per heavy atom. The number of hydrogen-bond acceptors (Lipinski definition) is 3. The van der Waals surface area contributed by atoms with Crippen LogP contribution in [-0.2, 0) is 0 Å². The van der Waals surface area contributed by atoms with Gasteiger partial charge in [-0.15, -0.1) is 0 Å². The summed E-state index contributed by atoms with van der Waals surface area (Å²) in [7, 11) is 0. The van der Waals surface area contributed by atoms with Crippen LogP contribution in [0.3, 0.4) is 0 Å². The number of ketones is 2. The molecule has 0 atom stereocenters. The third-order valence-electron chi connectivity index (χ3n) is 3.21. The van der Waals surface area contributed by atoms with Crippen LogP contribution in [-0.4, -0.2) is 21.2 Å². The third kappa shape index (κ3) is 2.87. The van der Waals surface area contributed by atoms with Gasteiger partial charge >= 0.3 is 0 Å². The van der Waals surface area contributed by atoms with E-state index in [0.717, 1.165) is 9.09 Å². The van der Waals surface area contributed by atoms with Gasteiger partial charge in [-0.3, -0.25) is 9.59 Å². The second kappa shape index (κ2) is 5.77. The van der Waals surface area contributed by atoms with Gasteiger partial charge in [-0.05, 0) is 46.9 Å². The second-order valence-corrected chi connectivity index (χ2v) is 5.86. The maximum Gasteiger partial charge on any atom is 0.174 e. The van der Waals surface area contributed by atoms with Crippen molar-refractivity contribution in [2.24, 2.45) is 0 Å². The highest BCUT2D eigenvalue weighted by atomic mass is 127. The summed E-state index contributed by atoms with van der Waals surface area (Å²) in [6, 6.07) is 12.7. The lowest BCUT2D eigenvalue weighted by molar-refractivity contribution is 0.0895. The lowest BCUT2D eigenvalue weighted by Crippen LogP contribution is -2.08. The molecule has 3 aromatic rings. The van der Waals surface area contributed by atoms with Gasteiger partial charge in [0.2, 0.25) is 0 Å². The number of Topliss-reactive ketones (excluding diaryl/α,β-unsaturated/α-hetero) is 2. The Bertz CT molecular complexity index is 822. The standard InChI is InChI=1S/C16H11IN2O2/c17-12-6-4-11(5-7-12)15(20)9-16(21)13-10-18-19-8-2-1-3-14(13)19/h1-8,10H,9H2. The van der Waals surface area contributed by atoms with Crippen LogP contribution in [0.5, 0.6) is 0 Å². The van der Waals surface area contributed by atoms with E-state index in [9.17, 15) is 9.59 Å². The number of hydrogen-bond donors (Lipinski definition) is 0. The number of fused-ring (bicyclic) bond motifs is 1. The zero-order valence-electron chi connectivity index (χ0n) is 11.0. The fraction of sp³-hybridized carbons (Fsp3) is 0.0625. The molecule has 0 amide bonds. The van der Waals surface area contributed by atoms with Crippen LogP contribution < -0.4 is 0 Å². The number of carbonyl (C=O) groups is 2. The molecule has 0 unspecified atom stereocenters. The molecular formula is C16H11IN2O2. The number of pyridine rings is 1. The number of rotatable bonds is 4. The monoisotopic (exact) mass is 390 g/mol. The number of nitrogens with zero attached hydrogens (tertiary/aromatic N) is 2. The lowest BCUT2D eigenvalue weighted by Gasteiger charge is -2.01. The van der Waals surface area contributed by atoms with Crippen LogP contribution in [0.1, 0.15) is 27.1 Å². The van der Waals surface area contributed by atoms with Crippen LogP contribution >= 0.6 is 22.6 Å². The molecule has 0 fully saturated rings. The first kappa shape index (κ1) is 13.9. The molecule has 104 valence electrons. The summed E-state index contributed by atoms with van der Waals surface area (Å²) in [5.41, 5.74) is 1.76. The summed E-state index contributed by atoms with van der Waals surface area (Å²) in [5.74, 6) is -0.383. The van der Waals surface area contributed by atoms with Crippen LogP contribution in [0.25, 0.3) is 5.52 Å². The molecule has 2 heterocycles. The Morgan fingerprint density at radius 3 is 2.57 bits per heavy atom. The molecule has 0 radical (unpaired) electrons. The Labute approximate surface area is 134 Å². The van der Waals surface area contributed by atoms with Crippen LogP contribution in [0.4, 0.5) is 0 Å². The predicted octanol–water partition coefficient (Wildman–Crippen LogP) is 3.39. The van der Waals surface area contributed by atoms with Gasteiger partial charge < -0.3 is 0 Å². The molecule has 0 saturated heterocycles. The van der Waals surface area contributed by atoms with Crippen LogP contribution in [0.15, 0.2) is 54.9 Å². The summed E-state index contributed by atoms with van der Waals surface area (Å²) >= 11 is 2.17. The number of halogens is 1. The molecule has 1 aromatic carbocycles. The van der Waals surface area contributed by atoms with E-state index >= 15 is 0 Å². The minimum absolute atomic E-state index is 0.142. The molecule has 0 aliphatic rings.